The molecule has 10 heteroatoms. The van der Waals surface area contributed by atoms with Crippen LogP contribution in [0.15, 0.2) is 35.7 Å². The number of rotatable bonds is 7. The molecule has 0 saturated carbocycles. The van der Waals surface area contributed by atoms with Gasteiger partial charge in [0.05, 0.1) is 18.6 Å². The maximum Gasteiger partial charge on any atom is 0.247 e. The lowest BCUT2D eigenvalue weighted by Gasteiger charge is -2.36. The summed E-state index contributed by atoms with van der Waals surface area (Å²) in [5, 5.41) is 2.54. The first kappa shape index (κ1) is 21.4. The number of nitrogens with one attached hydrogen (secondary N) is 1. The van der Waals surface area contributed by atoms with Gasteiger partial charge < -0.3 is 10.1 Å². The van der Waals surface area contributed by atoms with Crippen molar-refractivity contribution in [1.82, 2.24) is 4.31 Å². The van der Waals surface area contributed by atoms with Gasteiger partial charge in [-0.3, -0.25) is 4.79 Å². The highest BCUT2D eigenvalue weighted by Gasteiger charge is 2.48. The van der Waals surface area contributed by atoms with Crippen LogP contribution in [0.2, 0.25) is 0 Å². The van der Waals surface area contributed by atoms with Gasteiger partial charge in [-0.2, -0.15) is 4.31 Å². The van der Waals surface area contributed by atoms with Gasteiger partial charge in [-0.25, -0.2) is 16.8 Å². The van der Waals surface area contributed by atoms with Crippen molar-refractivity contribution in [2.45, 2.75) is 30.7 Å². The summed E-state index contributed by atoms with van der Waals surface area (Å²) >= 11 is 0. The molecule has 0 spiro atoms. The van der Waals surface area contributed by atoms with Gasteiger partial charge in [0.25, 0.3) is 0 Å². The van der Waals surface area contributed by atoms with E-state index in [1.54, 1.807) is 6.92 Å². The molecule has 1 aromatic carbocycles. The van der Waals surface area contributed by atoms with Gasteiger partial charge in [-0.15, -0.1) is 6.58 Å². The molecule has 1 saturated heterocycles. The van der Waals surface area contributed by atoms with Crippen LogP contribution in [0.25, 0.3) is 0 Å². The molecule has 1 heterocycles. The van der Waals surface area contributed by atoms with E-state index in [9.17, 15) is 21.6 Å². The van der Waals surface area contributed by atoms with Gasteiger partial charge in [0.15, 0.2) is 9.84 Å². The van der Waals surface area contributed by atoms with Gasteiger partial charge in [0, 0.05) is 24.7 Å². The molecule has 1 fully saturated rings. The third kappa shape index (κ3) is 4.50. The van der Waals surface area contributed by atoms with Crippen LogP contribution in [-0.2, 0) is 24.7 Å². The van der Waals surface area contributed by atoms with E-state index in [4.69, 9.17) is 4.74 Å². The van der Waals surface area contributed by atoms with E-state index >= 15 is 0 Å². The summed E-state index contributed by atoms with van der Waals surface area (Å²) in [6.45, 7) is 6.47. The smallest absolute Gasteiger partial charge is 0.247 e. The number of hydrogen-bond acceptors (Lipinski definition) is 6. The zero-order valence-electron chi connectivity index (χ0n) is 15.6. The minimum absolute atomic E-state index is 0.0537. The van der Waals surface area contributed by atoms with Crippen LogP contribution in [-0.4, -0.2) is 57.7 Å². The van der Waals surface area contributed by atoms with E-state index in [2.05, 4.69) is 11.9 Å². The third-order valence-corrected chi connectivity index (χ3v) is 8.36. The Morgan fingerprint density at radius 2 is 2.11 bits per heavy atom. The molecule has 1 atom stereocenters. The molecule has 27 heavy (non-hydrogen) atoms. The molecular weight excluding hydrogens is 392 g/mol. The third-order valence-electron chi connectivity index (χ3n) is 4.43. The van der Waals surface area contributed by atoms with Crippen molar-refractivity contribution in [3.63, 3.8) is 0 Å². The van der Waals surface area contributed by atoms with Crippen LogP contribution in [0.4, 0.5) is 5.69 Å². The van der Waals surface area contributed by atoms with E-state index < -0.39 is 25.4 Å². The maximum atomic E-state index is 13.4. The minimum atomic E-state index is -4.13. The second-order valence-electron chi connectivity index (χ2n) is 6.71. The van der Waals surface area contributed by atoms with Crippen molar-refractivity contribution in [2.75, 3.05) is 30.5 Å². The van der Waals surface area contributed by atoms with Crippen molar-refractivity contribution in [2.24, 2.45) is 0 Å². The van der Waals surface area contributed by atoms with Gasteiger partial charge in [-0.05, 0) is 31.5 Å². The first-order valence-corrected chi connectivity index (χ1v) is 11.5. The Hall–Kier alpha value is -1.91. The number of anilines is 1. The van der Waals surface area contributed by atoms with Crippen molar-refractivity contribution >= 4 is 31.5 Å². The zero-order valence-corrected chi connectivity index (χ0v) is 17.2. The van der Waals surface area contributed by atoms with Gasteiger partial charge in [0.1, 0.15) is 10.6 Å². The van der Waals surface area contributed by atoms with Crippen molar-refractivity contribution in [1.29, 1.82) is 0 Å². The zero-order chi connectivity index (χ0) is 20.5. The number of nitrogens with zero attached hydrogens (tertiary/aromatic N) is 1. The highest BCUT2D eigenvalue weighted by Crippen LogP contribution is 2.37. The van der Waals surface area contributed by atoms with E-state index in [1.165, 1.54) is 38.3 Å². The average Bonchev–Trinajstić information content (AvgIpc) is 2.85. The van der Waals surface area contributed by atoms with Crippen molar-refractivity contribution < 1.29 is 26.4 Å². The Balaban J connectivity index is 2.59. The predicted molar refractivity (Wildman–Crippen MR) is 103 cm³/mol. The van der Waals surface area contributed by atoms with Crippen LogP contribution in [0.5, 0.6) is 5.75 Å². The first-order valence-electron chi connectivity index (χ1n) is 8.25. The molecule has 1 amide bonds. The molecule has 150 valence electrons. The van der Waals surface area contributed by atoms with Crippen LogP contribution >= 0.6 is 0 Å². The highest BCUT2D eigenvalue weighted by molar-refractivity contribution is 7.92. The molecule has 1 N–H and O–H groups in total. The van der Waals surface area contributed by atoms with Crippen LogP contribution in [0.1, 0.15) is 20.3 Å². The molecule has 1 aliphatic heterocycles. The number of ether oxygens (including phenoxy) is 1. The number of amides is 1. The average molecular weight is 417 g/mol. The second-order valence-corrected chi connectivity index (χ2v) is 10.7. The molecule has 2 rings (SSSR count). The quantitative estimate of drug-likeness (QED) is 0.673. The Morgan fingerprint density at radius 3 is 2.59 bits per heavy atom. The fourth-order valence-electron chi connectivity index (χ4n) is 3.19. The lowest BCUT2D eigenvalue weighted by molar-refractivity contribution is -0.114. The van der Waals surface area contributed by atoms with E-state index in [-0.39, 0.29) is 41.0 Å². The number of sulfonamides is 1. The number of benzene rings is 1. The molecule has 0 aliphatic carbocycles. The largest absolute Gasteiger partial charge is 0.495 e. The monoisotopic (exact) mass is 416 g/mol. The van der Waals surface area contributed by atoms with E-state index in [0.717, 1.165) is 4.31 Å². The van der Waals surface area contributed by atoms with E-state index in [1.807, 2.05) is 0 Å². The summed E-state index contributed by atoms with van der Waals surface area (Å²) in [5.41, 5.74) is -0.800. The molecule has 0 unspecified atom stereocenters. The van der Waals surface area contributed by atoms with Crippen molar-refractivity contribution in [3.8, 4) is 5.75 Å². The van der Waals surface area contributed by atoms with Crippen LogP contribution < -0.4 is 10.1 Å². The molecule has 1 aliphatic rings. The summed E-state index contributed by atoms with van der Waals surface area (Å²) in [6, 6.07) is 4.27. The molecular formula is C17H24N2O6S2. The number of sulfone groups is 1. The fraction of sp³-hybridized carbons (Fsp3) is 0.471. The van der Waals surface area contributed by atoms with Crippen LogP contribution in [0.3, 0.4) is 0 Å². The van der Waals surface area contributed by atoms with Crippen molar-refractivity contribution in [3.05, 3.63) is 30.9 Å². The molecule has 8 nitrogen and oxygen atoms in total. The SMILES string of the molecule is C=CCN([C@]1(C)CCS(=O)(=O)C1)S(=O)(=O)c1cc(NC(C)=O)ccc1OC. The second kappa shape index (κ2) is 7.61. The number of carbonyl (C=O) groups excluding carboxylic acids is 1. The number of carbonyl (C=O) groups is 1. The molecule has 1 aromatic rings. The first-order chi connectivity index (χ1) is 12.4. The van der Waals surface area contributed by atoms with Gasteiger partial charge >= 0.3 is 0 Å². The Bertz CT molecular complexity index is 956. The number of methoxy groups -OCH3 is 1. The van der Waals surface area contributed by atoms with Gasteiger partial charge in [0.2, 0.25) is 15.9 Å². The summed E-state index contributed by atoms with van der Waals surface area (Å²) in [5.74, 6) is -0.584. The lowest BCUT2D eigenvalue weighted by Crippen LogP contribution is -2.50. The molecule has 0 aromatic heterocycles. The van der Waals surface area contributed by atoms with Gasteiger partial charge in [-0.1, -0.05) is 6.08 Å². The topological polar surface area (TPSA) is 110 Å². The predicted octanol–water partition coefficient (Wildman–Crippen LogP) is 1.41. The summed E-state index contributed by atoms with van der Waals surface area (Å²) < 4.78 is 57.2. The summed E-state index contributed by atoms with van der Waals surface area (Å²) in [7, 11) is -6.12. The standard InChI is InChI=1S/C17H24N2O6S2/c1-5-9-19(17(3)8-10-26(21,22)12-17)27(23,24)16-11-14(18-13(2)20)6-7-15(16)25-4/h5-7,11H,1,8-10,12H2,2-4H3,(H,18,20)/t17-/m1/s1. The maximum absolute atomic E-state index is 13.4. The number of hydrogen-bond donors (Lipinski definition) is 1. The Labute approximate surface area is 160 Å². The Kier molecular flexibility index (Phi) is 6.03. The van der Waals surface area contributed by atoms with E-state index in [0.29, 0.717) is 5.69 Å². The summed E-state index contributed by atoms with van der Waals surface area (Å²) in [6.07, 6.45) is 1.61. The molecule has 0 bridgehead atoms. The molecule has 0 radical (unpaired) electrons. The van der Waals surface area contributed by atoms with Crippen LogP contribution in [0, 0.1) is 0 Å². The minimum Gasteiger partial charge on any atom is -0.495 e. The Morgan fingerprint density at radius 1 is 1.44 bits per heavy atom. The summed E-state index contributed by atoms with van der Waals surface area (Å²) in [4.78, 5) is 11.2. The fourth-order valence-corrected chi connectivity index (χ4v) is 7.38. The highest BCUT2D eigenvalue weighted by atomic mass is 32.2. The normalized spacial score (nSPS) is 21.8. The lowest BCUT2D eigenvalue weighted by atomic mass is 10.0.